The zero-order valence-electron chi connectivity index (χ0n) is 10.7. The molecule has 2 unspecified atom stereocenters. The second kappa shape index (κ2) is 4.86. The van der Waals surface area contributed by atoms with Gasteiger partial charge in [-0.3, -0.25) is 14.5 Å². The van der Waals surface area contributed by atoms with E-state index in [0.717, 1.165) is 12.0 Å². The van der Waals surface area contributed by atoms with Crippen LogP contribution >= 0.6 is 12.2 Å². The highest BCUT2D eigenvalue weighted by molar-refractivity contribution is 7.80. The van der Waals surface area contributed by atoms with E-state index in [9.17, 15) is 9.59 Å². The third-order valence-electron chi connectivity index (χ3n) is 3.68. The Morgan fingerprint density at radius 3 is 2.40 bits per heavy atom. The number of hydrogen-bond acceptors (Lipinski definition) is 4. The van der Waals surface area contributed by atoms with E-state index >= 15 is 0 Å². The van der Waals surface area contributed by atoms with Gasteiger partial charge in [-0.2, -0.15) is 0 Å². The molecule has 0 radical (unpaired) electrons. The first kappa shape index (κ1) is 13.1. The number of ether oxygens (including phenoxy) is 1. The van der Waals surface area contributed by atoms with Crippen LogP contribution in [0, 0.1) is 11.8 Å². The minimum atomic E-state index is -0.0487. The normalized spacial score (nSPS) is 23.7. The van der Waals surface area contributed by atoms with Crippen molar-refractivity contribution in [3.8, 4) is 5.75 Å². The third-order valence-corrected chi connectivity index (χ3v) is 3.92. The van der Waals surface area contributed by atoms with Crippen molar-refractivity contribution in [3.05, 3.63) is 29.8 Å². The average Bonchev–Trinajstić information content (AvgIpc) is 3.19. The summed E-state index contributed by atoms with van der Waals surface area (Å²) in [6.07, 6.45) is 0.732. The Bertz CT molecular complexity index is 565. The summed E-state index contributed by atoms with van der Waals surface area (Å²) in [6, 6.07) is 7.08. The summed E-state index contributed by atoms with van der Waals surface area (Å²) in [6.45, 7) is 0.602. The maximum atomic E-state index is 11.7. The number of hydrogen-bond donors (Lipinski definition) is 1. The molecule has 0 aromatic heterocycles. The molecule has 5 nitrogen and oxygen atoms in total. The lowest BCUT2D eigenvalue weighted by Gasteiger charge is -2.16. The maximum Gasteiger partial charge on any atom is 0.233 e. The highest BCUT2D eigenvalue weighted by Crippen LogP contribution is 2.46. The fraction of sp³-hybridized carbons (Fsp3) is 0.357. The number of imide groups is 1. The largest absolute Gasteiger partial charge is 0.492 e. The minimum absolute atomic E-state index is 0.0487. The van der Waals surface area contributed by atoms with Crippen molar-refractivity contribution in [1.82, 2.24) is 4.90 Å². The van der Waals surface area contributed by atoms with Crippen molar-refractivity contribution in [3.63, 3.8) is 0 Å². The quantitative estimate of drug-likeness (QED) is 0.638. The van der Waals surface area contributed by atoms with Crippen molar-refractivity contribution in [1.29, 1.82) is 0 Å². The molecule has 20 heavy (non-hydrogen) atoms. The number of carbonyl (C=O) groups excluding carboxylic acids is 2. The molecule has 0 bridgehead atoms. The predicted molar refractivity (Wildman–Crippen MR) is 76.1 cm³/mol. The van der Waals surface area contributed by atoms with E-state index in [1.54, 1.807) is 24.3 Å². The van der Waals surface area contributed by atoms with Gasteiger partial charge in [0.05, 0.1) is 18.4 Å². The second-order valence-electron chi connectivity index (χ2n) is 5.01. The van der Waals surface area contributed by atoms with Crippen molar-refractivity contribution in [2.24, 2.45) is 17.6 Å². The summed E-state index contributed by atoms with van der Waals surface area (Å²) in [5, 5.41) is 0. The molecular formula is C14H14N2O3S. The minimum Gasteiger partial charge on any atom is -0.492 e. The number of rotatable bonds is 5. The van der Waals surface area contributed by atoms with Gasteiger partial charge in [-0.15, -0.1) is 0 Å². The first-order chi connectivity index (χ1) is 9.58. The Labute approximate surface area is 121 Å². The lowest BCUT2D eigenvalue weighted by atomic mass is 10.2. The molecule has 1 heterocycles. The number of piperidine rings is 1. The fourth-order valence-corrected chi connectivity index (χ4v) is 2.58. The molecular weight excluding hydrogens is 276 g/mol. The molecule has 1 aliphatic heterocycles. The molecule has 1 aromatic carbocycles. The fourth-order valence-electron chi connectivity index (χ4n) is 2.44. The van der Waals surface area contributed by atoms with Crippen LogP contribution in [-0.2, 0) is 9.59 Å². The average molecular weight is 290 g/mol. The number of nitrogens with two attached hydrogens (primary N) is 1. The molecule has 1 saturated heterocycles. The smallest absolute Gasteiger partial charge is 0.233 e. The van der Waals surface area contributed by atoms with Crippen LogP contribution in [0.25, 0.3) is 0 Å². The Kier molecular flexibility index (Phi) is 3.17. The number of benzene rings is 1. The number of amides is 2. The van der Waals surface area contributed by atoms with E-state index < -0.39 is 0 Å². The lowest BCUT2D eigenvalue weighted by molar-refractivity contribution is -0.141. The van der Waals surface area contributed by atoms with Crippen LogP contribution < -0.4 is 10.5 Å². The second-order valence-corrected chi connectivity index (χ2v) is 5.45. The van der Waals surface area contributed by atoms with Crippen LogP contribution in [0.15, 0.2) is 24.3 Å². The Morgan fingerprint density at radius 2 is 1.85 bits per heavy atom. The molecule has 2 aliphatic rings. The molecule has 1 aliphatic carbocycles. The van der Waals surface area contributed by atoms with Gasteiger partial charge < -0.3 is 10.5 Å². The number of thiocarbonyl (C=S) groups is 1. The Balaban J connectivity index is 1.51. The molecule has 104 valence electrons. The van der Waals surface area contributed by atoms with Gasteiger partial charge in [-0.05, 0) is 30.7 Å². The maximum absolute atomic E-state index is 11.7. The predicted octanol–water partition coefficient (Wildman–Crippen LogP) is 0.704. The topological polar surface area (TPSA) is 72.6 Å². The highest BCUT2D eigenvalue weighted by atomic mass is 32.1. The summed E-state index contributed by atoms with van der Waals surface area (Å²) >= 11 is 4.86. The van der Waals surface area contributed by atoms with Gasteiger partial charge in [-0.25, -0.2) is 0 Å². The molecule has 2 amide bonds. The van der Waals surface area contributed by atoms with E-state index in [2.05, 4.69) is 0 Å². The van der Waals surface area contributed by atoms with Gasteiger partial charge in [0.2, 0.25) is 11.8 Å². The van der Waals surface area contributed by atoms with Gasteiger partial charge in [0.25, 0.3) is 0 Å². The third kappa shape index (κ3) is 2.27. The van der Waals surface area contributed by atoms with Crippen LogP contribution in [-0.4, -0.2) is 34.9 Å². The number of nitrogens with zero attached hydrogens (tertiary/aromatic N) is 1. The van der Waals surface area contributed by atoms with Gasteiger partial charge in [0.1, 0.15) is 17.3 Å². The first-order valence-corrected chi connectivity index (χ1v) is 6.86. The number of carbonyl (C=O) groups is 2. The SMILES string of the molecule is NC(=S)c1ccc(OCCN2C(=O)C3CC3C2=O)cc1. The Morgan fingerprint density at radius 1 is 1.25 bits per heavy atom. The van der Waals surface area contributed by atoms with Crippen LogP contribution in [0.2, 0.25) is 0 Å². The van der Waals surface area contributed by atoms with Gasteiger partial charge in [0, 0.05) is 5.56 Å². The van der Waals surface area contributed by atoms with Crippen LogP contribution in [0.1, 0.15) is 12.0 Å². The molecule has 1 saturated carbocycles. The first-order valence-electron chi connectivity index (χ1n) is 6.46. The molecule has 2 atom stereocenters. The monoisotopic (exact) mass is 290 g/mol. The molecule has 1 aromatic rings. The van der Waals surface area contributed by atoms with Crippen LogP contribution in [0.4, 0.5) is 0 Å². The van der Waals surface area contributed by atoms with E-state index in [1.807, 2.05) is 0 Å². The molecule has 6 heteroatoms. The highest BCUT2D eigenvalue weighted by Gasteiger charge is 2.58. The van der Waals surface area contributed by atoms with Crippen molar-refractivity contribution in [2.75, 3.05) is 13.2 Å². The van der Waals surface area contributed by atoms with Gasteiger partial charge in [-0.1, -0.05) is 12.2 Å². The van der Waals surface area contributed by atoms with Crippen LogP contribution in [0.3, 0.4) is 0 Å². The summed E-state index contributed by atoms with van der Waals surface area (Å²) in [4.78, 5) is 25.1. The number of likely N-dealkylation sites (tertiary alicyclic amines) is 1. The molecule has 0 spiro atoms. The van der Waals surface area contributed by atoms with Gasteiger partial charge in [0.15, 0.2) is 0 Å². The Hall–Kier alpha value is -1.95. The van der Waals surface area contributed by atoms with Crippen molar-refractivity contribution in [2.45, 2.75) is 6.42 Å². The van der Waals surface area contributed by atoms with Crippen molar-refractivity contribution < 1.29 is 14.3 Å². The molecule has 3 rings (SSSR count). The standard InChI is InChI=1S/C14H14N2O3S/c15-12(20)8-1-3-9(4-2-8)19-6-5-16-13(17)10-7-11(10)14(16)18/h1-4,10-11H,5-7H2,(H2,15,20). The van der Waals surface area contributed by atoms with Crippen LogP contribution in [0.5, 0.6) is 5.75 Å². The van der Waals surface area contributed by atoms with Gasteiger partial charge >= 0.3 is 0 Å². The van der Waals surface area contributed by atoms with E-state index in [1.165, 1.54) is 4.90 Å². The van der Waals surface area contributed by atoms with E-state index in [-0.39, 0.29) is 23.7 Å². The summed E-state index contributed by atoms with van der Waals surface area (Å²) in [7, 11) is 0. The summed E-state index contributed by atoms with van der Waals surface area (Å²) in [5.41, 5.74) is 6.28. The van der Waals surface area contributed by atoms with Crippen molar-refractivity contribution >= 4 is 29.0 Å². The van der Waals surface area contributed by atoms with E-state index in [4.69, 9.17) is 22.7 Å². The summed E-state index contributed by atoms with van der Waals surface area (Å²) in [5.74, 6) is 0.466. The lowest BCUT2D eigenvalue weighted by Crippen LogP contribution is -2.36. The zero-order valence-corrected chi connectivity index (χ0v) is 11.6. The number of fused-ring (bicyclic) bond motifs is 1. The molecule has 2 fully saturated rings. The summed E-state index contributed by atoms with van der Waals surface area (Å²) < 4.78 is 5.52. The zero-order chi connectivity index (χ0) is 14.3. The molecule has 2 N–H and O–H groups in total. The van der Waals surface area contributed by atoms with E-state index in [0.29, 0.717) is 23.9 Å².